The molecule has 0 saturated heterocycles. The minimum Gasteiger partial charge on any atom is -0.396 e. The van der Waals surface area contributed by atoms with E-state index in [1.165, 1.54) is 22.4 Å². The van der Waals surface area contributed by atoms with Crippen molar-refractivity contribution >= 4 is 5.69 Å². The van der Waals surface area contributed by atoms with Crippen LogP contribution in [0.3, 0.4) is 0 Å². The molecule has 2 nitrogen and oxygen atoms in total. The van der Waals surface area contributed by atoms with Crippen LogP contribution in [0.25, 0.3) is 0 Å². The molecule has 0 bridgehead atoms. The smallest absolute Gasteiger partial charge is 0.0546 e. The summed E-state index contributed by atoms with van der Waals surface area (Å²) in [5.74, 6) is 0.442. The molecule has 0 saturated carbocycles. The molecule has 2 N–H and O–H groups in total. The molecular weight excluding hydrogens is 258 g/mol. The molecule has 2 aromatic rings. The topological polar surface area (TPSA) is 32.3 Å². The molecule has 1 aliphatic heterocycles. The molecule has 2 atom stereocenters. The average Bonchev–Trinajstić information content (AvgIpc) is 2.55. The summed E-state index contributed by atoms with van der Waals surface area (Å²) < 4.78 is 0. The van der Waals surface area contributed by atoms with Crippen LogP contribution in [0.5, 0.6) is 0 Å². The first-order chi connectivity index (χ1) is 10.3. The second-order valence-corrected chi connectivity index (χ2v) is 5.85. The van der Waals surface area contributed by atoms with E-state index in [0.29, 0.717) is 12.0 Å². The summed E-state index contributed by atoms with van der Waals surface area (Å²) in [5.41, 5.74) is 5.33. The van der Waals surface area contributed by atoms with Crippen molar-refractivity contribution in [2.24, 2.45) is 5.92 Å². The first-order valence-corrected chi connectivity index (χ1v) is 7.86. The third-order valence-corrected chi connectivity index (χ3v) is 4.50. The van der Waals surface area contributed by atoms with Gasteiger partial charge in [-0.15, -0.1) is 0 Å². The van der Waals surface area contributed by atoms with E-state index in [0.717, 1.165) is 19.3 Å². The van der Waals surface area contributed by atoms with Gasteiger partial charge in [0.05, 0.1) is 6.04 Å². The second kappa shape index (κ2) is 6.31. The number of fused-ring (bicyclic) bond motifs is 1. The minimum atomic E-state index is 0.248. The van der Waals surface area contributed by atoms with Crippen molar-refractivity contribution < 1.29 is 5.11 Å². The highest BCUT2D eigenvalue weighted by atomic mass is 16.3. The summed E-state index contributed by atoms with van der Waals surface area (Å²) in [6.45, 7) is 2.44. The van der Waals surface area contributed by atoms with Crippen molar-refractivity contribution in [3.05, 3.63) is 65.2 Å². The van der Waals surface area contributed by atoms with Gasteiger partial charge in [0.1, 0.15) is 0 Å². The lowest BCUT2D eigenvalue weighted by molar-refractivity contribution is 0.243. The number of aryl methyl sites for hydroxylation is 1. The molecule has 3 rings (SSSR count). The van der Waals surface area contributed by atoms with Gasteiger partial charge in [0, 0.05) is 12.3 Å². The molecule has 2 heteroatoms. The fourth-order valence-electron chi connectivity index (χ4n) is 3.31. The van der Waals surface area contributed by atoms with Gasteiger partial charge in [0.25, 0.3) is 0 Å². The number of nitrogens with one attached hydrogen (secondary N) is 1. The number of rotatable bonds is 4. The zero-order valence-electron chi connectivity index (χ0n) is 12.5. The van der Waals surface area contributed by atoms with E-state index in [9.17, 15) is 5.11 Å². The molecule has 1 aliphatic rings. The van der Waals surface area contributed by atoms with Gasteiger partial charge in [-0.2, -0.15) is 0 Å². The normalized spacial score (nSPS) is 20.7. The van der Waals surface area contributed by atoms with Crippen LogP contribution in [0, 0.1) is 5.92 Å². The van der Waals surface area contributed by atoms with Crippen molar-refractivity contribution in [2.45, 2.75) is 32.2 Å². The summed E-state index contributed by atoms with van der Waals surface area (Å²) in [6, 6.07) is 17.6. The Kier molecular flexibility index (Phi) is 4.26. The molecule has 0 spiro atoms. The molecule has 0 unspecified atom stereocenters. The van der Waals surface area contributed by atoms with E-state index in [1.54, 1.807) is 0 Å². The fourth-order valence-corrected chi connectivity index (χ4v) is 3.31. The SMILES string of the molecule is CCc1ccc2c(c1)C[C@H](CCO)[C@@H](c1ccccc1)N2. The summed E-state index contributed by atoms with van der Waals surface area (Å²) in [4.78, 5) is 0. The van der Waals surface area contributed by atoms with E-state index in [4.69, 9.17) is 0 Å². The van der Waals surface area contributed by atoms with Gasteiger partial charge in [-0.05, 0) is 47.9 Å². The third kappa shape index (κ3) is 2.96. The van der Waals surface area contributed by atoms with Crippen LogP contribution in [0.1, 0.15) is 36.1 Å². The highest BCUT2D eigenvalue weighted by molar-refractivity contribution is 5.57. The molecule has 0 radical (unpaired) electrons. The predicted octanol–water partition coefficient (Wildman–Crippen LogP) is 3.96. The Morgan fingerprint density at radius 2 is 1.95 bits per heavy atom. The fraction of sp³-hybridized carbons (Fsp3) is 0.368. The van der Waals surface area contributed by atoms with Crippen LogP contribution in [0.15, 0.2) is 48.5 Å². The predicted molar refractivity (Wildman–Crippen MR) is 87.5 cm³/mol. The van der Waals surface area contributed by atoms with Crippen molar-refractivity contribution in [3.63, 3.8) is 0 Å². The molecule has 0 aromatic heterocycles. The van der Waals surface area contributed by atoms with Crippen LogP contribution in [0.2, 0.25) is 0 Å². The van der Waals surface area contributed by atoms with Gasteiger partial charge in [-0.3, -0.25) is 0 Å². The molecule has 0 amide bonds. The maximum absolute atomic E-state index is 9.40. The number of benzene rings is 2. The van der Waals surface area contributed by atoms with E-state index < -0.39 is 0 Å². The number of hydrogen-bond donors (Lipinski definition) is 2. The number of hydrogen-bond acceptors (Lipinski definition) is 2. The van der Waals surface area contributed by atoms with Crippen molar-refractivity contribution in [2.75, 3.05) is 11.9 Å². The molecule has 21 heavy (non-hydrogen) atoms. The van der Waals surface area contributed by atoms with Crippen LogP contribution in [-0.4, -0.2) is 11.7 Å². The quantitative estimate of drug-likeness (QED) is 0.889. The van der Waals surface area contributed by atoms with Gasteiger partial charge in [-0.25, -0.2) is 0 Å². The molecule has 110 valence electrons. The van der Waals surface area contributed by atoms with E-state index in [-0.39, 0.29) is 6.61 Å². The lowest BCUT2D eigenvalue weighted by Gasteiger charge is -2.35. The Hall–Kier alpha value is -1.80. The molecule has 0 aliphatic carbocycles. The molecular formula is C19H23NO. The van der Waals surface area contributed by atoms with E-state index in [1.807, 2.05) is 0 Å². The first kappa shape index (κ1) is 14.2. The van der Waals surface area contributed by atoms with Crippen LogP contribution >= 0.6 is 0 Å². The van der Waals surface area contributed by atoms with E-state index in [2.05, 4.69) is 60.8 Å². The highest BCUT2D eigenvalue weighted by Gasteiger charge is 2.28. The zero-order chi connectivity index (χ0) is 14.7. The maximum atomic E-state index is 9.40. The van der Waals surface area contributed by atoms with Gasteiger partial charge in [-0.1, -0.05) is 49.4 Å². The van der Waals surface area contributed by atoms with Crippen molar-refractivity contribution in [3.8, 4) is 0 Å². The largest absolute Gasteiger partial charge is 0.396 e. The standard InChI is InChI=1S/C19H23NO/c1-2-14-8-9-18-17(12-14)13-16(10-11-21)19(20-18)15-6-4-3-5-7-15/h3-9,12,16,19-21H,2,10-11,13H2,1H3/t16-,19+/m0/s1. The molecule has 1 heterocycles. The average molecular weight is 281 g/mol. The van der Waals surface area contributed by atoms with Crippen LogP contribution in [-0.2, 0) is 12.8 Å². The van der Waals surface area contributed by atoms with Crippen LogP contribution in [0.4, 0.5) is 5.69 Å². The summed E-state index contributed by atoms with van der Waals surface area (Å²) in [7, 11) is 0. The number of aliphatic hydroxyl groups excluding tert-OH is 1. The number of aliphatic hydroxyl groups is 1. The maximum Gasteiger partial charge on any atom is 0.0546 e. The van der Waals surface area contributed by atoms with Gasteiger partial charge in [0.2, 0.25) is 0 Å². The molecule has 2 aromatic carbocycles. The van der Waals surface area contributed by atoms with Crippen molar-refractivity contribution in [1.29, 1.82) is 0 Å². The van der Waals surface area contributed by atoms with Crippen LogP contribution < -0.4 is 5.32 Å². The van der Waals surface area contributed by atoms with Crippen molar-refractivity contribution in [1.82, 2.24) is 0 Å². The van der Waals surface area contributed by atoms with Gasteiger partial charge in [0.15, 0.2) is 0 Å². The lowest BCUT2D eigenvalue weighted by Crippen LogP contribution is -2.28. The second-order valence-electron chi connectivity index (χ2n) is 5.85. The Morgan fingerprint density at radius 3 is 2.67 bits per heavy atom. The third-order valence-electron chi connectivity index (χ3n) is 4.50. The highest BCUT2D eigenvalue weighted by Crippen LogP contribution is 2.38. The number of anilines is 1. The van der Waals surface area contributed by atoms with Gasteiger partial charge < -0.3 is 10.4 Å². The molecule has 0 fully saturated rings. The van der Waals surface area contributed by atoms with E-state index >= 15 is 0 Å². The zero-order valence-corrected chi connectivity index (χ0v) is 12.5. The van der Waals surface area contributed by atoms with Gasteiger partial charge >= 0.3 is 0 Å². The minimum absolute atomic E-state index is 0.248. The first-order valence-electron chi connectivity index (χ1n) is 7.86. The Labute approximate surface area is 126 Å². The Morgan fingerprint density at radius 1 is 1.14 bits per heavy atom. The Balaban J connectivity index is 1.93. The monoisotopic (exact) mass is 281 g/mol. The summed E-state index contributed by atoms with van der Waals surface area (Å²) in [6.07, 6.45) is 2.94. The summed E-state index contributed by atoms with van der Waals surface area (Å²) >= 11 is 0. The summed E-state index contributed by atoms with van der Waals surface area (Å²) in [5, 5.41) is 13.1. The lowest BCUT2D eigenvalue weighted by atomic mass is 9.81. The Bertz CT molecular complexity index is 594.